The fraction of sp³-hybridized carbons (Fsp3) is 0.312. The summed E-state index contributed by atoms with van der Waals surface area (Å²) in [5, 5.41) is 2.88. The summed E-state index contributed by atoms with van der Waals surface area (Å²) in [6, 6.07) is 9.91. The first-order valence-electron chi connectivity index (χ1n) is 6.94. The maximum absolute atomic E-state index is 12.3. The molecule has 3 rings (SSSR count). The van der Waals surface area contributed by atoms with Gasteiger partial charge in [0, 0.05) is 35.0 Å². The zero-order valence-corrected chi connectivity index (χ0v) is 13.9. The van der Waals surface area contributed by atoms with Crippen molar-refractivity contribution < 1.29 is 4.79 Å². The number of halogens is 1. The van der Waals surface area contributed by atoms with E-state index in [2.05, 4.69) is 11.4 Å². The lowest BCUT2D eigenvalue weighted by Crippen LogP contribution is -2.35. The van der Waals surface area contributed by atoms with Gasteiger partial charge in [0.2, 0.25) is 5.91 Å². The average Bonchev–Trinajstić information content (AvgIpc) is 2.96. The first-order chi connectivity index (χ1) is 10.2. The molecule has 0 fully saturated rings. The van der Waals surface area contributed by atoms with Crippen LogP contribution in [0.2, 0.25) is 5.02 Å². The smallest absolute Gasteiger partial charge is 0.223 e. The predicted molar refractivity (Wildman–Crippen MR) is 90.2 cm³/mol. The van der Waals surface area contributed by atoms with Crippen molar-refractivity contribution in [1.29, 1.82) is 0 Å². The van der Waals surface area contributed by atoms with Gasteiger partial charge in [-0.2, -0.15) is 0 Å². The topological polar surface area (TPSA) is 20.3 Å². The first-order valence-corrected chi connectivity index (χ1v) is 9.19. The lowest BCUT2D eigenvalue weighted by molar-refractivity contribution is -0.131. The molecule has 1 aliphatic rings. The molecule has 5 heteroatoms. The van der Waals surface area contributed by atoms with Gasteiger partial charge in [0.15, 0.2) is 0 Å². The van der Waals surface area contributed by atoms with E-state index in [1.54, 1.807) is 23.1 Å². The molecule has 1 aromatic carbocycles. The number of hydrogen-bond acceptors (Lipinski definition) is 3. The van der Waals surface area contributed by atoms with Crippen LogP contribution in [0.25, 0.3) is 0 Å². The number of rotatable bonds is 4. The molecule has 1 amide bonds. The van der Waals surface area contributed by atoms with Gasteiger partial charge in [-0.1, -0.05) is 23.7 Å². The van der Waals surface area contributed by atoms with Crippen molar-refractivity contribution in [1.82, 2.24) is 4.90 Å². The van der Waals surface area contributed by atoms with Gasteiger partial charge in [0.05, 0.1) is 5.02 Å². The van der Waals surface area contributed by atoms with E-state index in [1.807, 2.05) is 29.2 Å². The van der Waals surface area contributed by atoms with Gasteiger partial charge >= 0.3 is 0 Å². The molecule has 2 nitrogen and oxygen atoms in total. The average molecular weight is 338 g/mol. The van der Waals surface area contributed by atoms with Gasteiger partial charge in [-0.25, -0.2) is 0 Å². The van der Waals surface area contributed by atoms with Gasteiger partial charge in [-0.15, -0.1) is 23.1 Å². The molecular weight excluding hydrogens is 322 g/mol. The van der Waals surface area contributed by atoms with Crippen LogP contribution in [-0.4, -0.2) is 23.1 Å². The predicted octanol–water partition coefficient (Wildman–Crippen LogP) is 4.47. The summed E-state index contributed by atoms with van der Waals surface area (Å²) >= 11 is 9.57. The summed E-state index contributed by atoms with van der Waals surface area (Å²) < 4.78 is 0. The molecule has 0 atom stereocenters. The molecule has 110 valence electrons. The Kier molecular flexibility index (Phi) is 4.88. The summed E-state index contributed by atoms with van der Waals surface area (Å²) in [4.78, 5) is 16.7. The van der Waals surface area contributed by atoms with Crippen LogP contribution in [-0.2, 0) is 17.8 Å². The number of carbonyl (C=O) groups is 1. The van der Waals surface area contributed by atoms with Crippen LogP contribution in [0.3, 0.4) is 0 Å². The Morgan fingerprint density at radius 3 is 3.05 bits per heavy atom. The van der Waals surface area contributed by atoms with E-state index in [9.17, 15) is 4.79 Å². The van der Waals surface area contributed by atoms with Crippen molar-refractivity contribution in [3.05, 3.63) is 51.2 Å². The number of thioether (sulfide) groups is 1. The molecule has 0 saturated carbocycles. The van der Waals surface area contributed by atoms with Gasteiger partial charge in [0.25, 0.3) is 0 Å². The molecule has 1 aromatic heterocycles. The second kappa shape index (κ2) is 6.86. The third-order valence-electron chi connectivity index (χ3n) is 3.57. The Balaban J connectivity index is 1.50. The number of hydrogen-bond donors (Lipinski definition) is 0. The van der Waals surface area contributed by atoms with Crippen molar-refractivity contribution in [3.63, 3.8) is 0 Å². The van der Waals surface area contributed by atoms with E-state index < -0.39 is 0 Å². The van der Waals surface area contributed by atoms with Crippen molar-refractivity contribution in [2.24, 2.45) is 0 Å². The number of amides is 1. The van der Waals surface area contributed by atoms with Crippen molar-refractivity contribution in [2.45, 2.75) is 24.3 Å². The van der Waals surface area contributed by atoms with E-state index in [-0.39, 0.29) is 5.91 Å². The minimum atomic E-state index is 0.242. The molecule has 0 aliphatic carbocycles. The summed E-state index contributed by atoms with van der Waals surface area (Å²) in [5.74, 6) is 1.02. The van der Waals surface area contributed by atoms with Crippen molar-refractivity contribution in [2.75, 3.05) is 12.3 Å². The molecule has 0 radical (unpaired) electrons. The van der Waals surface area contributed by atoms with Crippen LogP contribution in [0.1, 0.15) is 16.9 Å². The Bertz CT molecular complexity index is 641. The molecule has 0 saturated heterocycles. The molecule has 2 heterocycles. The van der Waals surface area contributed by atoms with E-state index in [1.165, 1.54) is 10.4 Å². The number of benzene rings is 1. The summed E-state index contributed by atoms with van der Waals surface area (Å²) in [5.41, 5.74) is 1.32. The van der Waals surface area contributed by atoms with Crippen LogP contribution < -0.4 is 0 Å². The molecule has 0 bridgehead atoms. The summed E-state index contributed by atoms with van der Waals surface area (Å²) in [6.07, 6.45) is 1.56. The van der Waals surface area contributed by atoms with E-state index in [4.69, 9.17) is 11.6 Å². The molecule has 0 N–H and O–H groups in total. The quantitative estimate of drug-likeness (QED) is 0.767. The molecule has 2 aromatic rings. The third-order valence-corrected chi connectivity index (χ3v) is 6.11. The van der Waals surface area contributed by atoms with Gasteiger partial charge in [-0.3, -0.25) is 4.79 Å². The van der Waals surface area contributed by atoms with Crippen LogP contribution in [0, 0.1) is 0 Å². The number of nitrogens with zero attached hydrogens (tertiary/aromatic N) is 1. The van der Waals surface area contributed by atoms with E-state index in [0.717, 1.165) is 35.2 Å². The van der Waals surface area contributed by atoms with Gasteiger partial charge in [-0.05, 0) is 35.6 Å². The van der Waals surface area contributed by atoms with E-state index in [0.29, 0.717) is 6.42 Å². The highest BCUT2D eigenvalue weighted by Gasteiger charge is 2.21. The van der Waals surface area contributed by atoms with Crippen molar-refractivity contribution >= 4 is 40.6 Å². The van der Waals surface area contributed by atoms with Crippen LogP contribution >= 0.6 is 34.7 Å². The monoisotopic (exact) mass is 337 g/mol. The van der Waals surface area contributed by atoms with Crippen LogP contribution in [0.4, 0.5) is 0 Å². The highest BCUT2D eigenvalue weighted by molar-refractivity contribution is 7.99. The normalized spacial score (nSPS) is 14.0. The van der Waals surface area contributed by atoms with Crippen molar-refractivity contribution in [3.8, 4) is 0 Å². The Morgan fingerprint density at radius 2 is 2.19 bits per heavy atom. The SMILES string of the molecule is O=C(CCSc1ccccc1Cl)N1CCc2sccc2C1. The molecule has 1 aliphatic heterocycles. The standard InChI is InChI=1S/C16H16ClNOS2/c17-13-3-1-2-4-15(13)21-10-7-16(19)18-8-5-14-12(11-18)6-9-20-14/h1-4,6,9H,5,7-8,10-11H2. The highest BCUT2D eigenvalue weighted by atomic mass is 35.5. The maximum atomic E-state index is 12.3. The Labute approximate surface area is 138 Å². The second-order valence-electron chi connectivity index (χ2n) is 4.96. The summed E-state index contributed by atoms with van der Waals surface area (Å²) in [7, 11) is 0. The third kappa shape index (κ3) is 3.62. The zero-order chi connectivity index (χ0) is 14.7. The largest absolute Gasteiger partial charge is 0.338 e. The van der Waals surface area contributed by atoms with Crippen LogP contribution in [0.5, 0.6) is 0 Å². The minimum Gasteiger partial charge on any atom is -0.338 e. The zero-order valence-electron chi connectivity index (χ0n) is 11.5. The fourth-order valence-corrected chi connectivity index (χ4v) is 4.50. The number of carbonyl (C=O) groups excluding carboxylic acids is 1. The lowest BCUT2D eigenvalue weighted by Gasteiger charge is -2.27. The molecule has 0 spiro atoms. The Morgan fingerprint density at radius 1 is 1.33 bits per heavy atom. The molecule has 0 unspecified atom stereocenters. The number of thiophene rings is 1. The minimum absolute atomic E-state index is 0.242. The lowest BCUT2D eigenvalue weighted by atomic mass is 10.1. The first kappa shape index (κ1) is 14.9. The fourth-order valence-electron chi connectivity index (χ4n) is 2.43. The van der Waals surface area contributed by atoms with Gasteiger partial charge in [0.1, 0.15) is 0 Å². The highest BCUT2D eigenvalue weighted by Crippen LogP contribution is 2.28. The Hall–Kier alpha value is -0.970. The molecule has 21 heavy (non-hydrogen) atoms. The maximum Gasteiger partial charge on any atom is 0.223 e. The number of fused-ring (bicyclic) bond motifs is 1. The van der Waals surface area contributed by atoms with Gasteiger partial charge < -0.3 is 4.90 Å². The second-order valence-corrected chi connectivity index (χ2v) is 7.51. The summed E-state index contributed by atoms with van der Waals surface area (Å²) in [6.45, 7) is 1.62. The van der Waals surface area contributed by atoms with Crippen LogP contribution in [0.15, 0.2) is 40.6 Å². The van der Waals surface area contributed by atoms with E-state index >= 15 is 0 Å². The molecular formula is C16H16ClNOS2.